The van der Waals surface area contributed by atoms with Crippen LogP contribution in [0.15, 0.2) is 36.9 Å². The normalized spacial score (nSPS) is 18.0. The maximum Gasteiger partial charge on any atom is 0.150 e. The van der Waals surface area contributed by atoms with Crippen LogP contribution >= 0.6 is 0 Å². The van der Waals surface area contributed by atoms with Crippen molar-refractivity contribution in [3.05, 3.63) is 36.9 Å². The van der Waals surface area contributed by atoms with Crippen molar-refractivity contribution < 1.29 is 4.74 Å². The number of nitrogens with zero attached hydrogens (tertiary/aromatic N) is 5. The molecule has 4 rings (SSSR count). The van der Waals surface area contributed by atoms with Crippen molar-refractivity contribution in [3.8, 4) is 11.3 Å². The molecule has 1 fully saturated rings. The van der Waals surface area contributed by atoms with Crippen molar-refractivity contribution in [2.75, 3.05) is 25.6 Å². The van der Waals surface area contributed by atoms with Crippen molar-refractivity contribution in [2.45, 2.75) is 25.5 Å². The molecular weight excluding hydrogens is 302 g/mol. The van der Waals surface area contributed by atoms with Gasteiger partial charge in [0.1, 0.15) is 0 Å². The Balaban J connectivity index is 1.70. The highest BCUT2D eigenvalue weighted by Crippen LogP contribution is 2.28. The number of rotatable bonds is 3. The van der Waals surface area contributed by atoms with Gasteiger partial charge in [0.05, 0.1) is 35.5 Å². The molecule has 1 saturated heterocycles. The van der Waals surface area contributed by atoms with Gasteiger partial charge in [0.2, 0.25) is 0 Å². The molecule has 0 saturated carbocycles. The molecule has 1 aliphatic rings. The second kappa shape index (κ2) is 6.20. The molecule has 0 amide bonds. The zero-order valence-electron chi connectivity index (χ0n) is 14.0. The third-order valence-corrected chi connectivity index (χ3v) is 4.45. The first-order valence-electron chi connectivity index (χ1n) is 8.30. The fourth-order valence-corrected chi connectivity index (χ4v) is 3.06. The number of aromatic nitrogens is 4. The first-order chi connectivity index (χ1) is 11.7. The molecule has 6 heteroatoms. The predicted octanol–water partition coefficient (Wildman–Crippen LogP) is 3.26. The lowest BCUT2D eigenvalue weighted by molar-refractivity contribution is -0.0367. The first-order valence-corrected chi connectivity index (χ1v) is 8.30. The highest BCUT2D eigenvalue weighted by molar-refractivity contribution is 5.82. The van der Waals surface area contributed by atoms with E-state index in [-0.39, 0.29) is 6.23 Å². The van der Waals surface area contributed by atoms with Gasteiger partial charge in [-0.05, 0) is 31.4 Å². The molecule has 1 unspecified atom stereocenters. The van der Waals surface area contributed by atoms with Gasteiger partial charge in [0.15, 0.2) is 6.23 Å². The van der Waals surface area contributed by atoms with Crippen molar-refractivity contribution in [1.82, 2.24) is 19.7 Å². The molecule has 6 nitrogen and oxygen atoms in total. The summed E-state index contributed by atoms with van der Waals surface area (Å²) in [7, 11) is 4.01. The Kier molecular flexibility index (Phi) is 3.90. The fourth-order valence-electron chi connectivity index (χ4n) is 3.06. The molecule has 124 valence electrons. The SMILES string of the molecule is CN(C)c1cncc(-c2cc3cnn(C4CCCCO4)c3cn2)c1. The maximum absolute atomic E-state index is 5.84. The van der Waals surface area contributed by atoms with Gasteiger partial charge >= 0.3 is 0 Å². The molecule has 0 N–H and O–H groups in total. The van der Waals surface area contributed by atoms with Crippen LogP contribution in [-0.2, 0) is 4.74 Å². The number of hydrogen-bond acceptors (Lipinski definition) is 5. The second-order valence-electron chi connectivity index (χ2n) is 6.36. The molecule has 0 spiro atoms. The second-order valence-corrected chi connectivity index (χ2v) is 6.36. The minimum absolute atomic E-state index is 0.0302. The Hall–Kier alpha value is -2.47. The summed E-state index contributed by atoms with van der Waals surface area (Å²) in [5, 5.41) is 5.60. The molecule has 0 aromatic carbocycles. The largest absolute Gasteiger partial charge is 0.376 e. The maximum atomic E-state index is 5.84. The molecule has 0 bridgehead atoms. The number of hydrogen-bond donors (Lipinski definition) is 0. The van der Waals surface area contributed by atoms with Gasteiger partial charge in [-0.15, -0.1) is 0 Å². The van der Waals surface area contributed by atoms with Crippen molar-refractivity contribution in [2.24, 2.45) is 0 Å². The summed E-state index contributed by atoms with van der Waals surface area (Å²) >= 11 is 0. The lowest BCUT2D eigenvalue weighted by Gasteiger charge is -2.23. The van der Waals surface area contributed by atoms with Gasteiger partial charge in [0, 0.05) is 37.8 Å². The summed E-state index contributed by atoms with van der Waals surface area (Å²) < 4.78 is 7.80. The Bertz CT molecular complexity index is 851. The van der Waals surface area contributed by atoms with Crippen LogP contribution in [0.3, 0.4) is 0 Å². The minimum atomic E-state index is 0.0302. The van der Waals surface area contributed by atoms with Crippen LogP contribution < -0.4 is 4.90 Å². The van der Waals surface area contributed by atoms with E-state index in [1.54, 1.807) is 0 Å². The van der Waals surface area contributed by atoms with E-state index in [1.165, 1.54) is 6.42 Å². The average Bonchev–Trinajstić information content (AvgIpc) is 3.05. The number of anilines is 1. The Morgan fingerprint density at radius 2 is 2.04 bits per heavy atom. The molecule has 0 aliphatic carbocycles. The molecule has 3 aromatic rings. The summed E-state index contributed by atoms with van der Waals surface area (Å²) in [4.78, 5) is 11.0. The molecule has 1 aliphatic heterocycles. The van der Waals surface area contributed by atoms with Gasteiger partial charge < -0.3 is 9.64 Å². The van der Waals surface area contributed by atoms with Crippen LogP contribution in [-0.4, -0.2) is 40.5 Å². The van der Waals surface area contributed by atoms with E-state index >= 15 is 0 Å². The summed E-state index contributed by atoms with van der Waals surface area (Å²) in [6.07, 6.45) is 10.8. The van der Waals surface area contributed by atoms with Crippen molar-refractivity contribution >= 4 is 16.6 Å². The number of fused-ring (bicyclic) bond motifs is 1. The van der Waals surface area contributed by atoms with Gasteiger partial charge in [0.25, 0.3) is 0 Å². The van der Waals surface area contributed by atoms with E-state index in [0.29, 0.717) is 0 Å². The van der Waals surface area contributed by atoms with Crippen molar-refractivity contribution in [1.29, 1.82) is 0 Å². The van der Waals surface area contributed by atoms with E-state index in [0.717, 1.165) is 47.3 Å². The van der Waals surface area contributed by atoms with E-state index in [9.17, 15) is 0 Å². The van der Waals surface area contributed by atoms with Crippen LogP contribution in [0.5, 0.6) is 0 Å². The summed E-state index contributed by atoms with van der Waals surface area (Å²) in [6, 6.07) is 4.16. The highest BCUT2D eigenvalue weighted by atomic mass is 16.5. The molecule has 1 atom stereocenters. The highest BCUT2D eigenvalue weighted by Gasteiger charge is 2.19. The van der Waals surface area contributed by atoms with E-state index in [4.69, 9.17) is 4.74 Å². The monoisotopic (exact) mass is 323 g/mol. The molecule has 3 aromatic heterocycles. The summed E-state index contributed by atoms with van der Waals surface area (Å²) in [5.41, 5.74) is 3.98. The first kappa shape index (κ1) is 15.1. The summed E-state index contributed by atoms with van der Waals surface area (Å²) in [5.74, 6) is 0. The van der Waals surface area contributed by atoms with Gasteiger partial charge in [-0.1, -0.05) is 0 Å². The van der Waals surface area contributed by atoms with Crippen LogP contribution in [0, 0.1) is 0 Å². The summed E-state index contributed by atoms with van der Waals surface area (Å²) in [6.45, 7) is 0.806. The van der Waals surface area contributed by atoms with Crippen LogP contribution in [0.25, 0.3) is 22.2 Å². The Morgan fingerprint density at radius 3 is 2.83 bits per heavy atom. The van der Waals surface area contributed by atoms with Crippen LogP contribution in [0.1, 0.15) is 25.5 Å². The molecule has 4 heterocycles. The van der Waals surface area contributed by atoms with E-state index in [2.05, 4.69) is 27.2 Å². The van der Waals surface area contributed by atoms with Gasteiger partial charge in [-0.2, -0.15) is 5.10 Å². The lowest BCUT2D eigenvalue weighted by Crippen LogP contribution is -2.18. The van der Waals surface area contributed by atoms with Crippen LogP contribution in [0.2, 0.25) is 0 Å². The minimum Gasteiger partial charge on any atom is -0.376 e. The van der Waals surface area contributed by atoms with Crippen molar-refractivity contribution in [3.63, 3.8) is 0 Å². The zero-order valence-corrected chi connectivity index (χ0v) is 14.0. The Labute approximate surface area is 141 Å². The van der Waals surface area contributed by atoms with E-state index < -0.39 is 0 Å². The zero-order chi connectivity index (χ0) is 16.5. The average molecular weight is 323 g/mol. The standard InChI is InChI=1S/C18H21N5O/c1-22(2)15-7-13(9-19-11-15)16-8-14-10-21-23(17(14)12-20-16)18-5-3-4-6-24-18/h7-12,18H,3-6H2,1-2H3. The molecule has 24 heavy (non-hydrogen) atoms. The topological polar surface area (TPSA) is 56.1 Å². The van der Waals surface area contributed by atoms with Crippen LogP contribution in [0.4, 0.5) is 5.69 Å². The smallest absolute Gasteiger partial charge is 0.150 e. The third kappa shape index (κ3) is 2.73. The number of pyridine rings is 2. The Morgan fingerprint density at radius 1 is 1.12 bits per heavy atom. The third-order valence-electron chi connectivity index (χ3n) is 4.45. The predicted molar refractivity (Wildman–Crippen MR) is 93.9 cm³/mol. The van der Waals surface area contributed by atoms with Gasteiger partial charge in [-0.25, -0.2) is 4.68 Å². The number of ether oxygens (including phenoxy) is 1. The van der Waals surface area contributed by atoms with E-state index in [1.807, 2.05) is 48.5 Å². The lowest BCUT2D eigenvalue weighted by atomic mass is 10.1. The quantitative estimate of drug-likeness (QED) is 0.740. The fraction of sp³-hybridized carbons (Fsp3) is 0.389. The molecule has 0 radical (unpaired) electrons. The molecular formula is C18H21N5O. The van der Waals surface area contributed by atoms with Gasteiger partial charge in [-0.3, -0.25) is 9.97 Å².